The third-order valence-electron chi connectivity index (χ3n) is 2.14. The van der Waals surface area contributed by atoms with Gasteiger partial charge >= 0.3 is 0 Å². The quantitative estimate of drug-likeness (QED) is 0.647. The lowest BCUT2D eigenvalue weighted by atomic mass is 10.2. The van der Waals surface area contributed by atoms with Gasteiger partial charge in [0.15, 0.2) is 5.17 Å². The van der Waals surface area contributed by atoms with Gasteiger partial charge in [0, 0.05) is 10.6 Å². The fourth-order valence-electron chi connectivity index (χ4n) is 1.28. The van der Waals surface area contributed by atoms with Crippen molar-refractivity contribution in [3.63, 3.8) is 0 Å². The highest BCUT2D eigenvalue weighted by Gasteiger charge is 1.99. The van der Waals surface area contributed by atoms with Gasteiger partial charge in [-0.15, -0.1) is 0 Å². The lowest BCUT2D eigenvalue weighted by molar-refractivity contribution is 1.34. The number of hydrazone groups is 1. The highest BCUT2D eigenvalue weighted by molar-refractivity contribution is 6.69. The van der Waals surface area contributed by atoms with Crippen LogP contribution in [0.4, 0.5) is 5.69 Å². The second-order valence-electron chi connectivity index (χ2n) is 3.39. The first-order valence-corrected chi connectivity index (χ1v) is 5.81. The first kappa shape index (κ1) is 12.0. The molecular weight excluding hydrogens is 255 g/mol. The van der Waals surface area contributed by atoms with Gasteiger partial charge in [-0.25, -0.2) is 0 Å². The van der Waals surface area contributed by atoms with Crippen LogP contribution < -0.4 is 5.43 Å². The molecule has 0 saturated carbocycles. The molecule has 0 aliphatic rings. The zero-order chi connectivity index (χ0) is 12.1. The van der Waals surface area contributed by atoms with E-state index in [1.165, 1.54) is 0 Å². The van der Waals surface area contributed by atoms with E-state index in [0.717, 1.165) is 11.3 Å². The Morgan fingerprint density at radius 3 is 2.24 bits per heavy atom. The largest absolute Gasteiger partial charge is 0.277 e. The topological polar surface area (TPSA) is 24.4 Å². The summed E-state index contributed by atoms with van der Waals surface area (Å²) in [4.78, 5) is 0. The van der Waals surface area contributed by atoms with Gasteiger partial charge in [-0.3, -0.25) is 5.43 Å². The number of nitrogens with zero attached hydrogens (tertiary/aromatic N) is 1. The number of hydrogen-bond donors (Lipinski definition) is 1. The molecule has 1 N–H and O–H groups in total. The summed E-state index contributed by atoms with van der Waals surface area (Å²) >= 11 is 11.8. The molecule has 0 unspecified atom stereocenters. The Morgan fingerprint density at radius 1 is 0.941 bits per heavy atom. The van der Waals surface area contributed by atoms with Crippen LogP contribution in [0.1, 0.15) is 5.56 Å². The van der Waals surface area contributed by atoms with Gasteiger partial charge in [-0.2, -0.15) is 5.10 Å². The smallest absolute Gasteiger partial charge is 0.156 e. The van der Waals surface area contributed by atoms with E-state index in [9.17, 15) is 0 Å². The summed E-state index contributed by atoms with van der Waals surface area (Å²) in [6.45, 7) is 0. The van der Waals surface area contributed by atoms with Gasteiger partial charge in [-0.05, 0) is 24.3 Å². The fourth-order valence-corrected chi connectivity index (χ4v) is 1.57. The van der Waals surface area contributed by atoms with Crippen molar-refractivity contribution < 1.29 is 0 Å². The van der Waals surface area contributed by atoms with Gasteiger partial charge in [-0.1, -0.05) is 53.5 Å². The van der Waals surface area contributed by atoms with E-state index in [1.54, 1.807) is 12.1 Å². The molecule has 0 radical (unpaired) electrons. The number of benzene rings is 2. The van der Waals surface area contributed by atoms with E-state index in [-0.39, 0.29) is 0 Å². The second kappa shape index (κ2) is 5.71. The van der Waals surface area contributed by atoms with Crippen LogP contribution in [0.3, 0.4) is 0 Å². The number of nitrogens with one attached hydrogen (secondary N) is 1. The summed E-state index contributed by atoms with van der Waals surface area (Å²) in [6.07, 6.45) is 0. The molecule has 2 nitrogen and oxygen atoms in total. The van der Waals surface area contributed by atoms with Crippen LogP contribution in [-0.2, 0) is 0 Å². The molecule has 0 heterocycles. The third kappa shape index (κ3) is 3.48. The lowest BCUT2D eigenvalue weighted by Crippen LogP contribution is -1.96. The van der Waals surface area contributed by atoms with Crippen molar-refractivity contribution in [3.05, 3.63) is 65.2 Å². The first-order chi connectivity index (χ1) is 8.25. The average molecular weight is 265 g/mol. The van der Waals surface area contributed by atoms with Crippen molar-refractivity contribution in [2.24, 2.45) is 5.10 Å². The van der Waals surface area contributed by atoms with Crippen molar-refractivity contribution in [2.75, 3.05) is 5.43 Å². The van der Waals surface area contributed by atoms with Crippen LogP contribution in [-0.4, -0.2) is 5.17 Å². The van der Waals surface area contributed by atoms with Gasteiger partial charge < -0.3 is 0 Å². The second-order valence-corrected chi connectivity index (χ2v) is 4.18. The number of para-hydroxylation sites is 1. The van der Waals surface area contributed by atoms with Gasteiger partial charge in [0.05, 0.1) is 5.69 Å². The Bertz CT molecular complexity index is 507. The van der Waals surface area contributed by atoms with E-state index in [2.05, 4.69) is 10.5 Å². The SMILES string of the molecule is Cl/C(=N/Nc1ccccc1)c1ccc(Cl)cc1. The van der Waals surface area contributed by atoms with Crippen molar-refractivity contribution in [1.29, 1.82) is 0 Å². The maximum absolute atomic E-state index is 6.05. The van der Waals surface area contributed by atoms with E-state index in [4.69, 9.17) is 23.2 Å². The fraction of sp³-hybridized carbons (Fsp3) is 0. The monoisotopic (exact) mass is 264 g/mol. The van der Waals surface area contributed by atoms with Crippen LogP contribution in [0.5, 0.6) is 0 Å². The highest BCUT2D eigenvalue weighted by Crippen LogP contribution is 2.12. The Kier molecular flexibility index (Phi) is 4.02. The van der Waals surface area contributed by atoms with Crippen molar-refractivity contribution in [3.8, 4) is 0 Å². The number of rotatable bonds is 3. The predicted octanol–water partition coefficient (Wildman–Crippen LogP) is 4.35. The zero-order valence-corrected chi connectivity index (χ0v) is 10.4. The molecule has 0 atom stereocenters. The number of hydrogen-bond acceptors (Lipinski definition) is 2. The summed E-state index contributed by atoms with van der Waals surface area (Å²) in [5.41, 5.74) is 4.59. The Morgan fingerprint density at radius 2 is 1.59 bits per heavy atom. The molecule has 0 aliphatic heterocycles. The Labute approximate surface area is 110 Å². The summed E-state index contributed by atoms with van der Waals surface area (Å²) in [7, 11) is 0. The van der Waals surface area contributed by atoms with Crippen molar-refractivity contribution >= 4 is 34.1 Å². The summed E-state index contributed by atoms with van der Waals surface area (Å²) in [5.74, 6) is 0. The average Bonchev–Trinajstić information content (AvgIpc) is 2.38. The molecule has 2 aromatic carbocycles. The molecule has 0 fully saturated rings. The molecule has 4 heteroatoms. The lowest BCUT2D eigenvalue weighted by Gasteiger charge is -2.01. The molecule has 0 saturated heterocycles. The van der Waals surface area contributed by atoms with Crippen molar-refractivity contribution in [2.45, 2.75) is 0 Å². The Hall–Kier alpha value is -1.51. The van der Waals surface area contributed by atoms with Gasteiger partial charge in [0.1, 0.15) is 0 Å². The standard InChI is InChI=1S/C13H10Cl2N2/c14-11-8-6-10(7-9-11)13(15)17-16-12-4-2-1-3-5-12/h1-9,16H/b17-13+. The summed E-state index contributed by atoms with van der Waals surface area (Å²) in [5, 5.41) is 5.15. The molecule has 0 bridgehead atoms. The van der Waals surface area contributed by atoms with Crippen LogP contribution in [0.15, 0.2) is 59.7 Å². The van der Waals surface area contributed by atoms with Gasteiger partial charge in [0.2, 0.25) is 0 Å². The molecule has 0 amide bonds. The highest BCUT2D eigenvalue weighted by atomic mass is 35.5. The van der Waals surface area contributed by atoms with E-state index >= 15 is 0 Å². The Balaban J connectivity index is 2.10. The van der Waals surface area contributed by atoms with E-state index < -0.39 is 0 Å². The normalized spacial score (nSPS) is 11.3. The zero-order valence-electron chi connectivity index (χ0n) is 8.90. The van der Waals surface area contributed by atoms with Crippen LogP contribution >= 0.6 is 23.2 Å². The third-order valence-corrected chi connectivity index (χ3v) is 2.69. The predicted molar refractivity (Wildman–Crippen MR) is 73.9 cm³/mol. The molecule has 17 heavy (non-hydrogen) atoms. The molecule has 86 valence electrons. The minimum absolute atomic E-state index is 0.394. The maximum Gasteiger partial charge on any atom is 0.156 e. The summed E-state index contributed by atoms with van der Waals surface area (Å²) in [6, 6.07) is 16.8. The van der Waals surface area contributed by atoms with Crippen LogP contribution in [0.25, 0.3) is 0 Å². The van der Waals surface area contributed by atoms with Crippen LogP contribution in [0, 0.1) is 0 Å². The number of halogens is 2. The van der Waals surface area contributed by atoms with E-state index in [1.807, 2.05) is 42.5 Å². The molecule has 2 rings (SSSR count). The summed E-state index contributed by atoms with van der Waals surface area (Å²) < 4.78 is 0. The molecule has 0 aliphatic carbocycles. The minimum atomic E-state index is 0.394. The minimum Gasteiger partial charge on any atom is -0.277 e. The first-order valence-electron chi connectivity index (χ1n) is 5.06. The number of anilines is 1. The van der Waals surface area contributed by atoms with Gasteiger partial charge in [0.25, 0.3) is 0 Å². The van der Waals surface area contributed by atoms with Crippen molar-refractivity contribution in [1.82, 2.24) is 0 Å². The maximum atomic E-state index is 6.05. The van der Waals surface area contributed by atoms with E-state index in [0.29, 0.717) is 10.2 Å². The molecule has 2 aromatic rings. The molecule has 0 aromatic heterocycles. The molecule has 0 spiro atoms. The van der Waals surface area contributed by atoms with Crippen LogP contribution in [0.2, 0.25) is 5.02 Å². The molecular formula is C13H10Cl2N2.